The second-order valence-corrected chi connectivity index (χ2v) is 7.57. The average molecular weight is 396 g/mol. The van der Waals surface area contributed by atoms with Gasteiger partial charge in [0.25, 0.3) is 0 Å². The molecule has 0 spiro atoms. The minimum absolute atomic E-state index is 0.162. The van der Waals surface area contributed by atoms with E-state index >= 15 is 0 Å². The predicted octanol–water partition coefficient (Wildman–Crippen LogP) is 3.09. The fourth-order valence-electron chi connectivity index (χ4n) is 4.02. The van der Waals surface area contributed by atoms with Crippen molar-refractivity contribution in [2.45, 2.75) is 44.8 Å². The smallest absolute Gasteiger partial charge is 0.149 e. The Kier molecular flexibility index (Phi) is 6.24. The van der Waals surface area contributed by atoms with Gasteiger partial charge in [-0.25, -0.2) is 4.98 Å². The molecular weight excluding hydrogens is 366 g/mol. The van der Waals surface area contributed by atoms with E-state index in [9.17, 15) is 0 Å². The number of aliphatic imine (C=N–C) groups is 1. The van der Waals surface area contributed by atoms with Crippen molar-refractivity contribution < 1.29 is 9.47 Å². The Balaban J connectivity index is 1.49. The van der Waals surface area contributed by atoms with Gasteiger partial charge in [0.2, 0.25) is 0 Å². The first-order valence-corrected chi connectivity index (χ1v) is 10.4. The zero-order valence-corrected chi connectivity index (χ0v) is 17.0. The summed E-state index contributed by atoms with van der Waals surface area (Å²) in [5.74, 6) is 1.42. The number of allylic oxidation sites excluding steroid dienone is 1. The minimum Gasteiger partial charge on any atom is -0.488 e. The summed E-state index contributed by atoms with van der Waals surface area (Å²) in [5, 5.41) is 0. The first-order chi connectivity index (χ1) is 14.2. The SMILES string of the molecule is C/C=C/C(N)=NC1CCC(Oc2cc(N3CCOCC3)cc3nccnc23)CC1. The lowest BCUT2D eigenvalue weighted by molar-refractivity contribution is 0.122. The summed E-state index contributed by atoms with van der Waals surface area (Å²) in [4.78, 5) is 16.0. The van der Waals surface area contributed by atoms with Crippen molar-refractivity contribution >= 4 is 22.6 Å². The molecular formula is C22H29N5O2. The van der Waals surface area contributed by atoms with Gasteiger partial charge in [-0.05, 0) is 44.7 Å². The van der Waals surface area contributed by atoms with Gasteiger partial charge >= 0.3 is 0 Å². The number of nitrogens with zero attached hydrogens (tertiary/aromatic N) is 4. The number of morpholine rings is 1. The number of ether oxygens (including phenoxy) is 2. The van der Waals surface area contributed by atoms with Gasteiger partial charge in [-0.15, -0.1) is 0 Å². The molecule has 0 amide bonds. The van der Waals surface area contributed by atoms with Crippen LogP contribution in [0.4, 0.5) is 5.69 Å². The quantitative estimate of drug-likeness (QED) is 0.618. The van der Waals surface area contributed by atoms with Crippen LogP contribution >= 0.6 is 0 Å². The molecule has 154 valence electrons. The van der Waals surface area contributed by atoms with E-state index in [1.807, 2.05) is 19.1 Å². The molecule has 0 unspecified atom stereocenters. The molecule has 0 bridgehead atoms. The minimum atomic E-state index is 0.162. The van der Waals surface area contributed by atoms with Crippen LogP contribution in [0.2, 0.25) is 0 Å². The molecule has 1 aliphatic heterocycles. The van der Waals surface area contributed by atoms with Crippen molar-refractivity contribution in [3.05, 3.63) is 36.7 Å². The molecule has 0 atom stereocenters. The van der Waals surface area contributed by atoms with Gasteiger partial charge in [0, 0.05) is 37.2 Å². The molecule has 29 heavy (non-hydrogen) atoms. The first kappa shape index (κ1) is 19.6. The Labute approximate surface area is 171 Å². The molecule has 2 fully saturated rings. The van der Waals surface area contributed by atoms with Crippen LogP contribution in [0.25, 0.3) is 11.0 Å². The maximum Gasteiger partial charge on any atom is 0.149 e. The third kappa shape index (κ3) is 4.85. The summed E-state index contributed by atoms with van der Waals surface area (Å²) in [6.45, 7) is 5.19. The Bertz CT molecular complexity index is 884. The molecule has 1 aromatic carbocycles. The summed E-state index contributed by atoms with van der Waals surface area (Å²) in [7, 11) is 0. The number of anilines is 1. The Morgan fingerprint density at radius 2 is 1.93 bits per heavy atom. The van der Waals surface area contributed by atoms with Crippen LogP contribution in [0.5, 0.6) is 5.75 Å². The van der Waals surface area contributed by atoms with Crippen molar-refractivity contribution in [1.82, 2.24) is 9.97 Å². The summed E-state index contributed by atoms with van der Waals surface area (Å²) in [6, 6.07) is 4.48. The summed E-state index contributed by atoms with van der Waals surface area (Å²) in [6.07, 6.45) is 11.3. The fourth-order valence-corrected chi connectivity index (χ4v) is 4.02. The Hall–Kier alpha value is -2.67. The highest BCUT2D eigenvalue weighted by Crippen LogP contribution is 2.33. The molecule has 1 saturated heterocycles. The Morgan fingerprint density at radius 3 is 2.69 bits per heavy atom. The van der Waals surface area contributed by atoms with E-state index in [2.05, 4.69) is 32.0 Å². The van der Waals surface area contributed by atoms with Gasteiger partial charge in [0.15, 0.2) is 0 Å². The highest BCUT2D eigenvalue weighted by atomic mass is 16.5. The van der Waals surface area contributed by atoms with Gasteiger partial charge in [0.1, 0.15) is 17.1 Å². The van der Waals surface area contributed by atoms with E-state index in [4.69, 9.17) is 15.2 Å². The van der Waals surface area contributed by atoms with Crippen molar-refractivity contribution in [3.63, 3.8) is 0 Å². The molecule has 1 aromatic heterocycles. The lowest BCUT2D eigenvalue weighted by atomic mass is 9.93. The number of benzene rings is 1. The molecule has 4 rings (SSSR count). The highest BCUT2D eigenvalue weighted by molar-refractivity contribution is 5.91. The van der Waals surface area contributed by atoms with E-state index in [1.165, 1.54) is 0 Å². The molecule has 2 N–H and O–H groups in total. The molecule has 7 nitrogen and oxygen atoms in total. The second-order valence-electron chi connectivity index (χ2n) is 7.57. The number of nitrogens with two attached hydrogens (primary N) is 1. The standard InChI is InChI=1S/C22H29N5O2/c1-2-3-21(23)26-16-4-6-18(7-5-16)29-20-15-17(27-10-12-28-13-11-27)14-19-22(20)25-9-8-24-19/h2-3,8-9,14-16,18H,4-7,10-13H2,1H3,(H2,23,26)/b3-2+. The maximum atomic E-state index is 6.45. The first-order valence-electron chi connectivity index (χ1n) is 10.4. The number of hydrogen-bond donors (Lipinski definition) is 1. The van der Waals surface area contributed by atoms with E-state index in [-0.39, 0.29) is 12.1 Å². The van der Waals surface area contributed by atoms with Crippen molar-refractivity contribution in [3.8, 4) is 5.75 Å². The number of amidine groups is 1. The predicted molar refractivity (Wildman–Crippen MR) is 116 cm³/mol. The van der Waals surface area contributed by atoms with Gasteiger partial charge in [-0.2, -0.15) is 0 Å². The van der Waals surface area contributed by atoms with Crippen LogP contribution in [0.15, 0.2) is 41.7 Å². The topological polar surface area (TPSA) is 85.9 Å². The van der Waals surface area contributed by atoms with Crippen LogP contribution in [0.1, 0.15) is 32.6 Å². The van der Waals surface area contributed by atoms with Gasteiger partial charge in [0.05, 0.1) is 30.9 Å². The van der Waals surface area contributed by atoms with Crippen LogP contribution in [-0.4, -0.2) is 54.3 Å². The maximum absolute atomic E-state index is 6.45. The third-order valence-electron chi connectivity index (χ3n) is 5.51. The number of aromatic nitrogens is 2. The molecule has 1 saturated carbocycles. The van der Waals surface area contributed by atoms with E-state index in [0.717, 1.165) is 74.5 Å². The van der Waals surface area contributed by atoms with Gasteiger partial charge in [-0.3, -0.25) is 9.98 Å². The molecule has 1 aliphatic carbocycles. The second kappa shape index (κ2) is 9.22. The lowest BCUT2D eigenvalue weighted by Gasteiger charge is -2.30. The Morgan fingerprint density at radius 1 is 1.17 bits per heavy atom. The van der Waals surface area contributed by atoms with Gasteiger partial charge in [-0.1, -0.05) is 6.08 Å². The van der Waals surface area contributed by atoms with Crippen molar-refractivity contribution in [1.29, 1.82) is 0 Å². The number of fused-ring (bicyclic) bond motifs is 1. The van der Waals surface area contributed by atoms with Crippen LogP contribution in [0.3, 0.4) is 0 Å². The van der Waals surface area contributed by atoms with E-state index in [1.54, 1.807) is 12.4 Å². The third-order valence-corrected chi connectivity index (χ3v) is 5.51. The van der Waals surface area contributed by atoms with Crippen LogP contribution in [0, 0.1) is 0 Å². The molecule has 0 radical (unpaired) electrons. The fraction of sp³-hybridized carbons (Fsp3) is 0.500. The summed E-state index contributed by atoms with van der Waals surface area (Å²) < 4.78 is 11.9. The zero-order chi connectivity index (χ0) is 20.1. The molecule has 2 heterocycles. The largest absolute Gasteiger partial charge is 0.488 e. The molecule has 7 heteroatoms. The molecule has 2 aromatic rings. The molecule has 2 aliphatic rings. The summed E-state index contributed by atoms with van der Waals surface area (Å²) in [5.41, 5.74) is 8.73. The average Bonchev–Trinajstić information content (AvgIpc) is 2.76. The number of hydrogen-bond acceptors (Lipinski definition) is 6. The van der Waals surface area contributed by atoms with Crippen LogP contribution < -0.4 is 15.4 Å². The summed E-state index contributed by atoms with van der Waals surface area (Å²) >= 11 is 0. The monoisotopic (exact) mass is 395 g/mol. The van der Waals surface area contributed by atoms with Crippen molar-refractivity contribution in [2.24, 2.45) is 10.7 Å². The van der Waals surface area contributed by atoms with Crippen molar-refractivity contribution in [2.75, 3.05) is 31.2 Å². The van der Waals surface area contributed by atoms with E-state index in [0.29, 0.717) is 5.84 Å². The lowest BCUT2D eigenvalue weighted by Crippen LogP contribution is -2.36. The van der Waals surface area contributed by atoms with Crippen LogP contribution in [-0.2, 0) is 4.74 Å². The highest BCUT2D eigenvalue weighted by Gasteiger charge is 2.24. The number of rotatable bonds is 5. The van der Waals surface area contributed by atoms with E-state index < -0.39 is 0 Å². The normalized spacial score (nSPS) is 23.6. The zero-order valence-electron chi connectivity index (χ0n) is 17.0. The van der Waals surface area contributed by atoms with Gasteiger partial charge < -0.3 is 20.1 Å².